The highest BCUT2D eigenvalue weighted by atomic mass is 32.2. The van der Waals surface area contributed by atoms with Crippen molar-refractivity contribution >= 4 is 23.6 Å². The van der Waals surface area contributed by atoms with Gasteiger partial charge in [-0.3, -0.25) is 4.79 Å². The lowest BCUT2D eigenvalue weighted by molar-refractivity contribution is -0.142. The molecule has 0 saturated carbocycles. The maximum atomic E-state index is 11.6. The standard InChI is InChI=1S/C14H19NO4S/c1-10-2-4-11(5-3-10)20-9-7-13(17)15-12(6-8-16)14(18)19/h2-5,12,16H,6-9H2,1H3,(H,15,17)(H,18,19). The SMILES string of the molecule is Cc1ccc(SCCC(=O)NC(CCO)C(=O)O)cc1. The molecule has 110 valence electrons. The summed E-state index contributed by atoms with van der Waals surface area (Å²) in [6.45, 7) is 1.74. The molecule has 0 aliphatic carbocycles. The Kier molecular flexibility index (Phi) is 7.11. The van der Waals surface area contributed by atoms with Crippen LogP contribution in [0.5, 0.6) is 0 Å². The van der Waals surface area contributed by atoms with Gasteiger partial charge < -0.3 is 15.5 Å². The third-order valence-corrected chi connectivity index (χ3v) is 3.68. The molecule has 1 aromatic rings. The first kappa shape index (κ1) is 16.5. The van der Waals surface area contributed by atoms with Crippen LogP contribution in [0.15, 0.2) is 29.2 Å². The Morgan fingerprint density at radius 3 is 2.50 bits per heavy atom. The molecule has 1 aromatic carbocycles. The van der Waals surface area contributed by atoms with Crippen molar-refractivity contribution in [2.75, 3.05) is 12.4 Å². The lowest BCUT2D eigenvalue weighted by atomic mass is 10.2. The van der Waals surface area contributed by atoms with Gasteiger partial charge in [0.25, 0.3) is 0 Å². The number of nitrogens with one attached hydrogen (secondary N) is 1. The Morgan fingerprint density at radius 2 is 1.95 bits per heavy atom. The van der Waals surface area contributed by atoms with E-state index in [0.29, 0.717) is 5.75 Å². The third kappa shape index (κ3) is 6.08. The molecule has 0 bridgehead atoms. The molecule has 0 aliphatic rings. The first-order valence-corrected chi connectivity index (χ1v) is 7.34. The van der Waals surface area contributed by atoms with Crippen molar-refractivity contribution < 1.29 is 19.8 Å². The molecule has 0 aromatic heterocycles. The number of carbonyl (C=O) groups excluding carboxylic acids is 1. The van der Waals surface area contributed by atoms with Crippen molar-refractivity contribution in [2.24, 2.45) is 0 Å². The zero-order chi connectivity index (χ0) is 15.0. The Balaban J connectivity index is 2.32. The van der Waals surface area contributed by atoms with E-state index < -0.39 is 12.0 Å². The summed E-state index contributed by atoms with van der Waals surface area (Å²) in [7, 11) is 0. The number of aliphatic hydroxyl groups excluding tert-OH is 1. The van der Waals surface area contributed by atoms with Gasteiger partial charge in [0.2, 0.25) is 5.91 Å². The van der Waals surface area contributed by atoms with Gasteiger partial charge in [-0.2, -0.15) is 0 Å². The maximum Gasteiger partial charge on any atom is 0.326 e. The monoisotopic (exact) mass is 297 g/mol. The first-order valence-electron chi connectivity index (χ1n) is 6.35. The molecular formula is C14H19NO4S. The van der Waals surface area contributed by atoms with E-state index in [0.717, 1.165) is 4.90 Å². The molecule has 1 atom stereocenters. The number of carbonyl (C=O) groups is 2. The largest absolute Gasteiger partial charge is 0.480 e. The number of aliphatic hydroxyl groups is 1. The van der Waals surface area contributed by atoms with Crippen LogP contribution < -0.4 is 5.32 Å². The number of aliphatic carboxylic acids is 1. The number of benzene rings is 1. The molecule has 6 heteroatoms. The predicted molar refractivity (Wildman–Crippen MR) is 77.8 cm³/mol. The van der Waals surface area contributed by atoms with Crippen molar-refractivity contribution in [1.29, 1.82) is 0 Å². The van der Waals surface area contributed by atoms with Crippen LogP contribution in [0.2, 0.25) is 0 Å². The number of thioether (sulfide) groups is 1. The lowest BCUT2D eigenvalue weighted by Gasteiger charge is -2.12. The summed E-state index contributed by atoms with van der Waals surface area (Å²) in [6, 6.07) is 6.97. The van der Waals surface area contributed by atoms with E-state index in [1.165, 1.54) is 5.56 Å². The second-order valence-corrected chi connectivity index (χ2v) is 5.55. The predicted octanol–water partition coefficient (Wildman–Crippen LogP) is 1.43. The third-order valence-electron chi connectivity index (χ3n) is 2.67. The summed E-state index contributed by atoms with van der Waals surface area (Å²) in [5, 5.41) is 20.0. The van der Waals surface area contributed by atoms with Crippen LogP contribution in [0, 0.1) is 6.92 Å². The molecule has 3 N–H and O–H groups in total. The van der Waals surface area contributed by atoms with E-state index in [1.54, 1.807) is 11.8 Å². The van der Waals surface area contributed by atoms with Crippen molar-refractivity contribution in [3.05, 3.63) is 29.8 Å². The number of carboxylic acid groups (broad SMARTS) is 1. The van der Waals surface area contributed by atoms with E-state index in [4.69, 9.17) is 10.2 Å². The van der Waals surface area contributed by atoms with E-state index in [2.05, 4.69) is 5.32 Å². The Bertz CT molecular complexity index is 447. The molecule has 0 spiro atoms. The molecule has 0 saturated heterocycles. The number of hydrogen-bond acceptors (Lipinski definition) is 4. The van der Waals surface area contributed by atoms with Crippen LogP contribution in [0.1, 0.15) is 18.4 Å². The Hall–Kier alpha value is -1.53. The number of rotatable bonds is 8. The van der Waals surface area contributed by atoms with Gasteiger partial charge in [-0.15, -0.1) is 11.8 Å². The van der Waals surface area contributed by atoms with E-state index in [9.17, 15) is 9.59 Å². The number of aryl methyl sites for hydroxylation is 1. The summed E-state index contributed by atoms with van der Waals surface area (Å²) in [6.07, 6.45) is 0.264. The second-order valence-electron chi connectivity index (χ2n) is 4.38. The molecule has 0 fully saturated rings. The molecule has 20 heavy (non-hydrogen) atoms. The Labute approximate surface area is 122 Å². The van der Waals surface area contributed by atoms with Gasteiger partial charge in [-0.05, 0) is 19.1 Å². The zero-order valence-electron chi connectivity index (χ0n) is 11.3. The number of hydrogen-bond donors (Lipinski definition) is 3. The highest BCUT2D eigenvalue weighted by Gasteiger charge is 2.18. The molecule has 1 rings (SSSR count). The summed E-state index contributed by atoms with van der Waals surface area (Å²) >= 11 is 1.55. The summed E-state index contributed by atoms with van der Waals surface area (Å²) < 4.78 is 0. The average molecular weight is 297 g/mol. The fraction of sp³-hybridized carbons (Fsp3) is 0.429. The molecule has 5 nitrogen and oxygen atoms in total. The van der Waals surface area contributed by atoms with Gasteiger partial charge in [0, 0.05) is 30.1 Å². The van der Waals surface area contributed by atoms with E-state index >= 15 is 0 Å². The van der Waals surface area contributed by atoms with Gasteiger partial charge in [-0.25, -0.2) is 4.79 Å². The fourth-order valence-electron chi connectivity index (χ4n) is 1.55. The molecule has 0 heterocycles. The van der Waals surface area contributed by atoms with Gasteiger partial charge >= 0.3 is 5.97 Å². The van der Waals surface area contributed by atoms with Crippen LogP contribution in [0.3, 0.4) is 0 Å². The van der Waals surface area contributed by atoms with Gasteiger partial charge in [0.1, 0.15) is 6.04 Å². The van der Waals surface area contributed by atoms with Crippen molar-refractivity contribution in [2.45, 2.75) is 30.7 Å². The second kappa shape index (κ2) is 8.60. The highest BCUT2D eigenvalue weighted by Crippen LogP contribution is 2.18. The minimum absolute atomic E-state index is 0.0200. The quantitative estimate of drug-likeness (QED) is 0.632. The van der Waals surface area contributed by atoms with Crippen LogP contribution in [0.25, 0.3) is 0 Å². The van der Waals surface area contributed by atoms with Crippen molar-refractivity contribution in [3.8, 4) is 0 Å². The van der Waals surface area contributed by atoms with Crippen LogP contribution in [-0.2, 0) is 9.59 Å². The topological polar surface area (TPSA) is 86.6 Å². The van der Waals surface area contributed by atoms with Crippen molar-refractivity contribution in [1.82, 2.24) is 5.32 Å². The lowest BCUT2D eigenvalue weighted by Crippen LogP contribution is -2.41. The smallest absolute Gasteiger partial charge is 0.326 e. The van der Waals surface area contributed by atoms with Crippen molar-refractivity contribution in [3.63, 3.8) is 0 Å². The molecule has 1 unspecified atom stereocenters. The molecule has 1 amide bonds. The van der Waals surface area contributed by atoms with Crippen LogP contribution in [0.4, 0.5) is 0 Å². The minimum atomic E-state index is -1.13. The summed E-state index contributed by atoms with van der Waals surface area (Å²) in [4.78, 5) is 23.5. The summed E-state index contributed by atoms with van der Waals surface area (Å²) in [5.74, 6) is -0.857. The first-order chi connectivity index (χ1) is 9.52. The number of amides is 1. The molecule has 0 radical (unpaired) electrons. The summed E-state index contributed by atoms with van der Waals surface area (Å²) in [5.41, 5.74) is 1.18. The Morgan fingerprint density at radius 1 is 1.30 bits per heavy atom. The average Bonchev–Trinajstić information content (AvgIpc) is 2.40. The zero-order valence-corrected chi connectivity index (χ0v) is 12.2. The highest BCUT2D eigenvalue weighted by molar-refractivity contribution is 7.99. The van der Waals surface area contributed by atoms with E-state index in [1.807, 2.05) is 31.2 Å². The van der Waals surface area contributed by atoms with Crippen LogP contribution in [-0.4, -0.2) is 40.5 Å². The maximum absolute atomic E-state index is 11.6. The minimum Gasteiger partial charge on any atom is -0.480 e. The molecular weight excluding hydrogens is 278 g/mol. The van der Waals surface area contributed by atoms with Gasteiger partial charge in [0.15, 0.2) is 0 Å². The van der Waals surface area contributed by atoms with Crippen LogP contribution >= 0.6 is 11.8 Å². The van der Waals surface area contributed by atoms with Gasteiger partial charge in [-0.1, -0.05) is 17.7 Å². The number of carboxylic acids is 1. The van der Waals surface area contributed by atoms with E-state index in [-0.39, 0.29) is 25.4 Å². The fourth-order valence-corrected chi connectivity index (χ4v) is 2.40. The van der Waals surface area contributed by atoms with Gasteiger partial charge in [0.05, 0.1) is 0 Å². The molecule has 0 aliphatic heterocycles. The normalized spacial score (nSPS) is 11.9.